The molecule has 2 rings (SSSR count). The van der Waals surface area contributed by atoms with Crippen LogP contribution in [-0.4, -0.2) is 23.3 Å². The minimum absolute atomic E-state index is 0.202. The monoisotopic (exact) mass is 282 g/mol. The standard InChI is InChI=1S/C14H22N2O2S/c1-2-11-5-6-12(19-11)9-15-13(17)16-10-14(18)7-3-4-8-14/h5-6,18H,2-4,7-10H2,1H3,(H2,15,16,17). The summed E-state index contributed by atoms with van der Waals surface area (Å²) in [4.78, 5) is 14.2. The van der Waals surface area contributed by atoms with E-state index in [9.17, 15) is 9.90 Å². The van der Waals surface area contributed by atoms with Crippen LogP contribution in [0.5, 0.6) is 0 Å². The Morgan fingerprint density at radius 3 is 2.63 bits per heavy atom. The van der Waals surface area contributed by atoms with E-state index in [1.54, 1.807) is 11.3 Å². The molecule has 19 heavy (non-hydrogen) atoms. The number of amides is 2. The Morgan fingerprint density at radius 2 is 2.00 bits per heavy atom. The Labute approximate surface area is 118 Å². The van der Waals surface area contributed by atoms with Gasteiger partial charge in [0.2, 0.25) is 0 Å². The number of aryl methyl sites for hydroxylation is 1. The van der Waals surface area contributed by atoms with Crippen molar-refractivity contribution in [1.82, 2.24) is 10.6 Å². The molecule has 1 saturated carbocycles. The highest BCUT2D eigenvalue weighted by Crippen LogP contribution is 2.28. The van der Waals surface area contributed by atoms with Crippen LogP contribution in [0.25, 0.3) is 0 Å². The van der Waals surface area contributed by atoms with E-state index in [0.717, 1.165) is 37.0 Å². The molecule has 0 unspecified atom stereocenters. The highest BCUT2D eigenvalue weighted by atomic mass is 32.1. The van der Waals surface area contributed by atoms with Crippen molar-refractivity contribution >= 4 is 17.4 Å². The fourth-order valence-electron chi connectivity index (χ4n) is 2.39. The van der Waals surface area contributed by atoms with Crippen LogP contribution in [0.3, 0.4) is 0 Å². The number of rotatable bonds is 5. The minimum Gasteiger partial charge on any atom is -0.388 e. The number of hydrogen-bond donors (Lipinski definition) is 3. The molecule has 106 valence electrons. The van der Waals surface area contributed by atoms with Crippen LogP contribution < -0.4 is 10.6 Å². The molecule has 4 nitrogen and oxygen atoms in total. The van der Waals surface area contributed by atoms with E-state index in [4.69, 9.17) is 0 Å². The van der Waals surface area contributed by atoms with Crippen molar-refractivity contribution in [2.45, 2.75) is 51.2 Å². The number of thiophene rings is 1. The first-order valence-electron chi connectivity index (χ1n) is 6.93. The summed E-state index contributed by atoms with van der Waals surface area (Å²) >= 11 is 1.73. The Kier molecular flexibility index (Phi) is 4.82. The molecule has 1 aromatic rings. The molecule has 1 fully saturated rings. The summed E-state index contributed by atoms with van der Waals surface area (Å²) in [5.41, 5.74) is -0.685. The van der Waals surface area contributed by atoms with E-state index in [-0.39, 0.29) is 6.03 Å². The second-order valence-electron chi connectivity index (χ2n) is 5.19. The van der Waals surface area contributed by atoms with Gasteiger partial charge < -0.3 is 15.7 Å². The number of carbonyl (C=O) groups excluding carboxylic acids is 1. The van der Waals surface area contributed by atoms with Crippen LogP contribution in [0.15, 0.2) is 12.1 Å². The van der Waals surface area contributed by atoms with Gasteiger partial charge >= 0.3 is 6.03 Å². The molecule has 0 atom stereocenters. The topological polar surface area (TPSA) is 61.4 Å². The van der Waals surface area contributed by atoms with Gasteiger partial charge in [-0.05, 0) is 31.4 Å². The number of aliphatic hydroxyl groups is 1. The molecular weight excluding hydrogens is 260 g/mol. The molecule has 0 radical (unpaired) electrons. The predicted octanol–water partition coefficient (Wildman–Crippen LogP) is 2.41. The number of nitrogens with one attached hydrogen (secondary N) is 2. The van der Waals surface area contributed by atoms with Gasteiger partial charge in [-0.2, -0.15) is 0 Å². The van der Waals surface area contributed by atoms with Crippen molar-refractivity contribution in [1.29, 1.82) is 0 Å². The molecule has 0 aromatic carbocycles. The van der Waals surface area contributed by atoms with E-state index >= 15 is 0 Å². The number of hydrogen-bond acceptors (Lipinski definition) is 3. The van der Waals surface area contributed by atoms with Crippen LogP contribution in [0.4, 0.5) is 4.79 Å². The maximum absolute atomic E-state index is 11.7. The fraction of sp³-hybridized carbons (Fsp3) is 0.643. The molecule has 3 N–H and O–H groups in total. The van der Waals surface area contributed by atoms with Gasteiger partial charge in [-0.3, -0.25) is 0 Å². The molecule has 1 aliphatic rings. The van der Waals surface area contributed by atoms with Crippen molar-refractivity contribution < 1.29 is 9.90 Å². The van der Waals surface area contributed by atoms with Gasteiger partial charge in [-0.25, -0.2) is 4.79 Å². The summed E-state index contributed by atoms with van der Waals surface area (Å²) in [5, 5.41) is 15.7. The summed E-state index contributed by atoms with van der Waals surface area (Å²) in [5.74, 6) is 0. The van der Waals surface area contributed by atoms with Gasteiger partial charge in [0.15, 0.2) is 0 Å². The number of urea groups is 1. The van der Waals surface area contributed by atoms with Crippen LogP contribution in [0, 0.1) is 0 Å². The maximum Gasteiger partial charge on any atom is 0.315 e. The average molecular weight is 282 g/mol. The van der Waals surface area contributed by atoms with Gasteiger partial charge in [0.1, 0.15) is 0 Å². The van der Waals surface area contributed by atoms with Crippen molar-refractivity contribution in [2.24, 2.45) is 0 Å². The molecule has 2 amide bonds. The van der Waals surface area contributed by atoms with E-state index in [2.05, 4.69) is 23.6 Å². The second kappa shape index (κ2) is 6.39. The summed E-state index contributed by atoms with van der Waals surface area (Å²) in [6.45, 7) is 3.02. The van der Waals surface area contributed by atoms with E-state index < -0.39 is 5.60 Å². The van der Waals surface area contributed by atoms with Crippen LogP contribution in [0.2, 0.25) is 0 Å². The lowest BCUT2D eigenvalue weighted by atomic mass is 10.0. The van der Waals surface area contributed by atoms with Crippen molar-refractivity contribution in [3.63, 3.8) is 0 Å². The van der Waals surface area contributed by atoms with E-state index in [0.29, 0.717) is 13.1 Å². The first-order valence-corrected chi connectivity index (χ1v) is 7.75. The zero-order chi connectivity index (χ0) is 13.7. The molecule has 0 bridgehead atoms. The lowest BCUT2D eigenvalue weighted by Gasteiger charge is -2.22. The Balaban J connectivity index is 1.69. The third kappa shape index (κ3) is 4.21. The molecule has 0 saturated heterocycles. The highest BCUT2D eigenvalue weighted by molar-refractivity contribution is 7.11. The van der Waals surface area contributed by atoms with Gasteiger partial charge in [0, 0.05) is 16.3 Å². The quantitative estimate of drug-likeness (QED) is 0.776. The first kappa shape index (κ1) is 14.3. The zero-order valence-electron chi connectivity index (χ0n) is 11.4. The normalized spacial score (nSPS) is 17.4. The Hall–Kier alpha value is -1.07. The predicted molar refractivity (Wildman–Crippen MR) is 77.4 cm³/mol. The van der Waals surface area contributed by atoms with Gasteiger partial charge in [0.25, 0.3) is 0 Å². The zero-order valence-corrected chi connectivity index (χ0v) is 12.2. The van der Waals surface area contributed by atoms with Gasteiger partial charge in [-0.15, -0.1) is 11.3 Å². The third-order valence-corrected chi connectivity index (χ3v) is 4.83. The molecule has 1 aliphatic carbocycles. The first-order chi connectivity index (χ1) is 9.11. The summed E-state index contributed by atoms with van der Waals surface area (Å²) in [6, 6.07) is 3.95. The summed E-state index contributed by atoms with van der Waals surface area (Å²) < 4.78 is 0. The molecule has 1 aromatic heterocycles. The van der Waals surface area contributed by atoms with Crippen molar-refractivity contribution in [3.8, 4) is 0 Å². The average Bonchev–Trinajstić information content (AvgIpc) is 3.03. The van der Waals surface area contributed by atoms with E-state index in [1.807, 2.05) is 6.07 Å². The number of carbonyl (C=O) groups is 1. The Morgan fingerprint density at radius 1 is 1.32 bits per heavy atom. The van der Waals surface area contributed by atoms with Gasteiger partial charge in [0.05, 0.1) is 12.1 Å². The van der Waals surface area contributed by atoms with Crippen LogP contribution >= 0.6 is 11.3 Å². The lowest BCUT2D eigenvalue weighted by molar-refractivity contribution is 0.0501. The molecule has 5 heteroatoms. The van der Waals surface area contributed by atoms with Crippen LogP contribution in [-0.2, 0) is 13.0 Å². The lowest BCUT2D eigenvalue weighted by Crippen LogP contribution is -2.44. The molecule has 0 spiro atoms. The van der Waals surface area contributed by atoms with Crippen molar-refractivity contribution in [2.75, 3.05) is 6.54 Å². The van der Waals surface area contributed by atoms with Gasteiger partial charge in [-0.1, -0.05) is 19.8 Å². The molecule has 1 heterocycles. The van der Waals surface area contributed by atoms with Crippen molar-refractivity contribution in [3.05, 3.63) is 21.9 Å². The molecule has 0 aliphatic heterocycles. The maximum atomic E-state index is 11.7. The third-order valence-electron chi connectivity index (χ3n) is 3.60. The second-order valence-corrected chi connectivity index (χ2v) is 6.44. The summed E-state index contributed by atoms with van der Waals surface area (Å²) in [7, 11) is 0. The highest BCUT2D eigenvalue weighted by Gasteiger charge is 2.31. The van der Waals surface area contributed by atoms with Crippen LogP contribution in [0.1, 0.15) is 42.4 Å². The SMILES string of the molecule is CCc1ccc(CNC(=O)NCC2(O)CCCC2)s1. The fourth-order valence-corrected chi connectivity index (χ4v) is 3.29. The van der Waals surface area contributed by atoms with E-state index in [1.165, 1.54) is 4.88 Å². The summed E-state index contributed by atoms with van der Waals surface area (Å²) in [6.07, 6.45) is 4.71. The minimum atomic E-state index is -0.685. The smallest absolute Gasteiger partial charge is 0.315 e. The largest absolute Gasteiger partial charge is 0.388 e. The Bertz CT molecular complexity index is 425. The molecular formula is C14H22N2O2S.